The fourth-order valence-electron chi connectivity index (χ4n) is 2.21. The average molecular weight is 219 g/mol. The van der Waals surface area contributed by atoms with E-state index in [4.69, 9.17) is 0 Å². The molecule has 0 bridgehead atoms. The summed E-state index contributed by atoms with van der Waals surface area (Å²) in [5.41, 5.74) is 1.39. The second kappa shape index (κ2) is 5.97. The highest BCUT2D eigenvalue weighted by atomic mass is 15.2. The molecule has 1 unspecified atom stereocenters. The molecule has 3 heteroatoms. The predicted octanol–water partition coefficient (Wildman–Crippen LogP) is 1.31. The van der Waals surface area contributed by atoms with Crippen LogP contribution in [0.4, 0.5) is 0 Å². The topological polar surface area (TPSA) is 28.2 Å². The van der Waals surface area contributed by atoms with Crippen LogP contribution in [0.2, 0.25) is 0 Å². The molecular weight excluding hydrogens is 198 g/mol. The number of piperazine rings is 1. The van der Waals surface area contributed by atoms with Crippen molar-refractivity contribution in [3.63, 3.8) is 0 Å². The number of aromatic nitrogens is 1. The molecule has 0 amide bonds. The van der Waals surface area contributed by atoms with Crippen LogP contribution >= 0.6 is 0 Å². The van der Waals surface area contributed by atoms with Gasteiger partial charge in [-0.2, -0.15) is 0 Å². The normalized spacial score (nSPS) is 22.2. The molecule has 1 aromatic heterocycles. The van der Waals surface area contributed by atoms with Crippen molar-refractivity contribution in [3.05, 3.63) is 30.1 Å². The number of rotatable bonds is 4. The third kappa shape index (κ3) is 3.29. The molecule has 0 aliphatic carbocycles. The maximum atomic E-state index is 4.04. The third-order valence-electron chi connectivity index (χ3n) is 3.30. The molecule has 1 saturated heterocycles. The van der Waals surface area contributed by atoms with Gasteiger partial charge in [0.2, 0.25) is 0 Å². The van der Waals surface area contributed by atoms with E-state index in [2.05, 4.69) is 34.3 Å². The SMILES string of the molecule is CCC1CN(CCc2ccncc2)CCN1. The first-order valence-corrected chi connectivity index (χ1v) is 6.23. The number of nitrogens with one attached hydrogen (secondary N) is 1. The van der Waals surface area contributed by atoms with E-state index in [-0.39, 0.29) is 0 Å². The molecule has 1 aliphatic rings. The molecule has 3 nitrogen and oxygen atoms in total. The Balaban J connectivity index is 1.77. The van der Waals surface area contributed by atoms with E-state index in [0.29, 0.717) is 6.04 Å². The Morgan fingerprint density at radius 1 is 1.44 bits per heavy atom. The van der Waals surface area contributed by atoms with E-state index in [0.717, 1.165) is 13.0 Å². The van der Waals surface area contributed by atoms with E-state index in [1.807, 2.05) is 12.4 Å². The molecule has 0 saturated carbocycles. The van der Waals surface area contributed by atoms with Gasteiger partial charge < -0.3 is 10.2 Å². The van der Waals surface area contributed by atoms with Gasteiger partial charge in [0, 0.05) is 44.6 Å². The van der Waals surface area contributed by atoms with E-state index in [1.54, 1.807) is 0 Å². The van der Waals surface area contributed by atoms with Crippen molar-refractivity contribution in [2.75, 3.05) is 26.2 Å². The monoisotopic (exact) mass is 219 g/mol. The molecule has 0 radical (unpaired) electrons. The van der Waals surface area contributed by atoms with Crippen LogP contribution in [0.5, 0.6) is 0 Å². The van der Waals surface area contributed by atoms with Crippen LogP contribution in [-0.4, -0.2) is 42.1 Å². The first-order valence-electron chi connectivity index (χ1n) is 6.23. The lowest BCUT2D eigenvalue weighted by Crippen LogP contribution is -2.50. The smallest absolute Gasteiger partial charge is 0.0270 e. The molecule has 2 rings (SSSR count). The van der Waals surface area contributed by atoms with Gasteiger partial charge in [0.25, 0.3) is 0 Å². The summed E-state index contributed by atoms with van der Waals surface area (Å²) >= 11 is 0. The van der Waals surface area contributed by atoms with Crippen molar-refractivity contribution >= 4 is 0 Å². The van der Waals surface area contributed by atoms with Gasteiger partial charge in [-0.15, -0.1) is 0 Å². The highest BCUT2D eigenvalue weighted by Gasteiger charge is 2.16. The molecular formula is C13H21N3. The quantitative estimate of drug-likeness (QED) is 0.827. The first kappa shape index (κ1) is 11.6. The molecule has 1 N–H and O–H groups in total. The highest BCUT2D eigenvalue weighted by molar-refractivity contribution is 5.09. The number of pyridine rings is 1. The van der Waals surface area contributed by atoms with Crippen molar-refractivity contribution in [1.29, 1.82) is 0 Å². The molecule has 1 aliphatic heterocycles. The Morgan fingerprint density at radius 2 is 2.25 bits per heavy atom. The fraction of sp³-hybridized carbons (Fsp3) is 0.615. The van der Waals surface area contributed by atoms with Crippen LogP contribution in [0.25, 0.3) is 0 Å². The number of hydrogen-bond acceptors (Lipinski definition) is 3. The van der Waals surface area contributed by atoms with Crippen molar-refractivity contribution in [2.24, 2.45) is 0 Å². The van der Waals surface area contributed by atoms with E-state index < -0.39 is 0 Å². The first-order chi connectivity index (χ1) is 7.88. The summed E-state index contributed by atoms with van der Waals surface area (Å²) in [7, 11) is 0. The fourth-order valence-corrected chi connectivity index (χ4v) is 2.21. The molecule has 16 heavy (non-hydrogen) atoms. The standard InChI is InChI=1S/C13H21N3/c1-2-13-11-16(10-8-15-13)9-5-12-3-6-14-7-4-12/h3-4,6-7,13,15H,2,5,8-11H2,1H3. The Bertz CT molecular complexity index is 299. The van der Waals surface area contributed by atoms with Gasteiger partial charge in [-0.05, 0) is 30.5 Å². The Kier molecular flexibility index (Phi) is 4.31. The zero-order valence-electron chi connectivity index (χ0n) is 10.0. The van der Waals surface area contributed by atoms with Gasteiger partial charge in [-0.1, -0.05) is 6.92 Å². The molecule has 1 aromatic rings. The van der Waals surface area contributed by atoms with Crippen molar-refractivity contribution in [2.45, 2.75) is 25.8 Å². The van der Waals surface area contributed by atoms with Gasteiger partial charge >= 0.3 is 0 Å². The van der Waals surface area contributed by atoms with Crippen LogP contribution in [-0.2, 0) is 6.42 Å². The summed E-state index contributed by atoms with van der Waals surface area (Å²) in [5, 5.41) is 3.55. The van der Waals surface area contributed by atoms with Gasteiger partial charge in [-0.25, -0.2) is 0 Å². The summed E-state index contributed by atoms with van der Waals surface area (Å²) in [6.07, 6.45) is 6.12. The summed E-state index contributed by atoms with van der Waals surface area (Å²) < 4.78 is 0. The van der Waals surface area contributed by atoms with Gasteiger partial charge in [0.1, 0.15) is 0 Å². The second-order valence-corrected chi connectivity index (χ2v) is 4.47. The zero-order valence-corrected chi connectivity index (χ0v) is 10.0. The third-order valence-corrected chi connectivity index (χ3v) is 3.30. The number of nitrogens with zero attached hydrogens (tertiary/aromatic N) is 2. The summed E-state index contributed by atoms with van der Waals surface area (Å²) in [5.74, 6) is 0. The maximum Gasteiger partial charge on any atom is 0.0270 e. The molecule has 1 atom stereocenters. The molecule has 1 fully saturated rings. The lowest BCUT2D eigenvalue weighted by molar-refractivity contribution is 0.199. The van der Waals surface area contributed by atoms with Crippen molar-refractivity contribution in [3.8, 4) is 0 Å². The van der Waals surface area contributed by atoms with E-state index >= 15 is 0 Å². The Hall–Kier alpha value is -0.930. The van der Waals surface area contributed by atoms with Crippen LogP contribution in [0.3, 0.4) is 0 Å². The minimum atomic E-state index is 0.686. The van der Waals surface area contributed by atoms with Gasteiger partial charge in [0.05, 0.1) is 0 Å². The van der Waals surface area contributed by atoms with Crippen LogP contribution < -0.4 is 5.32 Å². The molecule has 0 spiro atoms. The van der Waals surface area contributed by atoms with E-state index in [1.165, 1.54) is 31.6 Å². The summed E-state index contributed by atoms with van der Waals surface area (Å²) in [4.78, 5) is 6.60. The average Bonchev–Trinajstić information content (AvgIpc) is 2.38. The lowest BCUT2D eigenvalue weighted by Gasteiger charge is -2.33. The van der Waals surface area contributed by atoms with E-state index in [9.17, 15) is 0 Å². The Morgan fingerprint density at radius 3 is 3.00 bits per heavy atom. The van der Waals surface area contributed by atoms with Gasteiger partial charge in [0.15, 0.2) is 0 Å². The minimum Gasteiger partial charge on any atom is -0.311 e. The largest absolute Gasteiger partial charge is 0.311 e. The lowest BCUT2D eigenvalue weighted by atomic mass is 10.1. The van der Waals surface area contributed by atoms with Gasteiger partial charge in [-0.3, -0.25) is 4.98 Å². The predicted molar refractivity (Wildman–Crippen MR) is 66.5 cm³/mol. The Labute approximate surface area is 97.9 Å². The number of hydrogen-bond donors (Lipinski definition) is 1. The molecule has 0 aromatic carbocycles. The molecule has 2 heterocycles. The summed E-state index contributed by atoms with van der Waals surface area (Å²) in [6, 6.07) is 4.91. The minimum absolute atomic E-state index is 0.686. The zero-order chi connectivity index (χ0) is 11.2. The van der Waals surface area contributed by atoms with Crippen molar-refractivity contribution < 1.29 is 0 Å². The second-order valence-electron chi connectivity index (χ2n) is 4.47. The van der Waals surface area contributed by atoms with Crippen LogP contribution in [0.1, 0.15) is 18.9 Å². The van der Waals surface area contributed by atoms with Crippen molar-refractivity contribution in [1.82, 2.24) is 15.2 Å². The van der Waals surface area contributed by atoms with Crippen LogP contribution in [0.15, 0.2) is 24.5 Å². The van der Waals surface area contributed by atoms with Crippen LogP contribution in [0, 0.1) is 0 Å². The highest BCUT2D eigenvalue weighted by Crippen LogP contribution is 2.05. The maximum absolute atomic E-state index is 4.04. The molecule has 88 valence electrons. The summed E-state index contributed by atoms with van der Waals surface area (Å²) in [6.45, 7) is 6.93.